The molecule has 1 N–H and O–H groups in total. The standard InChI is InChI=1S/C21H17FN4O5/c1-21-18-13(14-10-12(31-2)4-6-16(14)23-18)7-8-24(21)20(28)25(19(21)27)11-3-5-15(22)17(9-11)26(29)30/h3-6,9-10,23H,7-8H2,1-2H3. The summed E-state index contributed by atoms with van der Waals surface area (Å²) in [6.07, 6.45) is 0.522. The Morgan fingerprint density at radius 1 is 1.23 bits per heavy atom. The van der Waals surface area contributed by atoms with E-state index in [9.17, 15) is 24.1 Å². The lowest BCUT2D eigenvalue weighted by atomic mass is 9.87. The third-order valence-electron chi connectivity index (χ3n) is 6.15. The predicted molar refractivity (Wildman–Crippen MR) is 109 cm³/mol. The van der Waals surface area contributed by atoms with Crippen LogP contribution in [0, 0.1) is 15.9 Å². The molecule has 1 unspecified atom stereocenters. The highest BCUT2D eigenvalue weighted by Gasteiger charge is 2.59. The van der Waals surface area contributed by atoms with Gasteiger partial charge >= 0.3 is 11.7 Å². The fourth-order valence-corrected chi connectivity index (χ4v) is 4.55. The molecule has 31 heavy (non-hydrogen) atoms. The summed E-state index contributed by atoms with van der Waals surface area (Å²) in [5.41, 5.74) is 0.162. The number of aromatic nitrogens is 1. The van der Waals surface area contributed by atoms with E-state index in [1.807, 2.05) is 12.1 Å². The summed E-state index contributed by atoms with van der Waals surface area (Å²) >= 11 is 0. The fraction of sp³-hybridized carbons (Fsp3) is 0.238. The minimum Gasteiger partial charge on any atom is -0.497 e. The van der Waals surface area contributed by atoms with Crippen LogP contribution in [0.4, 0.5) is 20.6 Å². The van der Waals surface area contributed by atoms with Gasteiger partial charge in [-0.25, -0.2) is 9.69 Å². The number of nitro groups is 1. The predicted octanol–water partition coefficient (Wildman–Crippen LogP) is 3.46. The van der Waals surface area contributed by atoms with Crippen LogP contribution in [0.3, 0.4) is 0 Å². The summed E-state index contributed by atoms with van der Waals surface area (Å²) in [6.45, 7) is 1.94. The number of rotatable bonds is 3. The molecule has 1 aromatic heterocycles. The van der Waals surface area contributed by atoms with Gasteiger partial charge in [0.1, 0.15) is 5.75 Å². The van der Waals surface area contributed by atoms with Gasteiger partial charge in [0, 0.05) is 23.5 Å². The number of hydrogen-bond donors (Lipinski definition) is 1. The number of ether oxygens (including phenoxy) is 1. The topological polar surface area (TPSA) is 109 Å². The maximum Gasteiger partial charge on any atom is 0.332 e. The molecule has 1 saturated heterocycles. The second kappa shape index (κ2) is 6.27. The van der Waals surface area contributed by atoms with Gasteiger partial charge in [-0.3, -0.25) is 14.9 Å². The fourth-order valence-electron chi connectivity index (χ4n) is 4.55. The lowest BCUT2D eigenvalue weighted by Crippen LogP contribution is -2.49. The number of amides is 3. The van der Waals surface area contributed by atoms with Crippen molar-refractivity contribution in [3.05, 3.63) is 63.6 Å². The third kappa shape index (κ3) is 2.41. The molecule has 0 saturated carbocycles. The van der Waals surface area contributed by atoms with Crippen molar-refractivity contribution >= 4 is 34.2 Å². The molecule has 3 heterocycles. The van der Waals surface area contributed by atoms with Gasteiger partial charge in [0.2, 0.25) is 5.82 Å². The number of methoxy groups -OCH3 is 1. The van der Waals surface area contributed by atoms with E-state index in [0.717, 1.165) is 33.5 Å². The number of fused-ring (bicyclic) bond motifs is 5. The quantitative estimate of drug-likeness (QED) is 0.393. The molecule has 9 nitrogen and oxygen atoms in total. The lowest BCUT2D eigenvalue weighted by Gasteiger charge is -2.35. The van der Waals surface area contributed by atoms with Gasteiger partial charge in [0.05, 0.1) is 23.4 Å². The van der Waals surface area contributed by atoms with E-state index < -0.39 is 33.9 Å². The number of anilines is 1. The van der Waals surface area contributed by atoms with Crippen LogP contribution in [0.15, 0.2) is 36.4 Å². The van der Waals surface area contributed by atoms with Crippen molar-refractivity contribution in [2.24, 2.45) is 0 Å². The highest BCUT2D eigenvalue weighted by molar-refractivity contribution is 6.23. The van der Waals surface area contributed by atoms with Crippen LogP contribution in [0.5, 0.6) is 5.75 Å². The number of benzene rings is 2. The van der Waals surface area contributed by atoms with Gasteiger partial charge in [0.15, 0.2) is 5.54 Å². The number of hydrogen-bond acceptors (Lipinski definition) is 5. The summed E-state index contributed by atoms with van der Waals surface area (Å²) in [6, 6.07) is 7.91. The highest BCUT2D eigenvalue weighted by atomic mass is 19.1. The Hall–Kier alpha value is -3.95. The van der Waals surface area contributed by atoms with E-state index in [2.05, 4.69) is 4.98 Å². The molecule has 1 atom stereocenters. The Balaban J connectivity index is 1.66. The number of H-pyrrole nitrogens is 1. The zero-order valence-electron chi connectivity index (χ0n) is 16.6. The maximum atomic E-state index is 13.8. The van der Waals surface area contributed by atoms with Gasteiger partial charge in [-0.2, -0.15) is 4.39 Å². The molecular weight excluding hydrogens is 407 g/mol. The number of carbonyl (C=O) groups is 2. The molecule has 0 radical (unpaired) electrons. The molecular formula is C21H17FN4O5. The lowest BCUT2D eigenvalue weighted by molar-refractivity contribution is -0.387. The molecule has 10 heteroatoms. The van der Waals surface area contributed by atoms with Gasteiger partial charge in [0.25, 0.3) is 5.91 Å². The molecule has 0 bridgehead atoms. The van der Waals surface area contributed by atoms with Gasteiger partial charge in [-0.15, -0.1) is 0 Å². The molecule has 158 valence electrons. The van der Waals surface area contributed by atoms with Gasteiger partial charge in [-0.1, -0.05) is 0 Å². The number of aromatic amines is 1. The van der Waals surface area contributed by atoms with Crippen molar-refractivity contribution in [2.75, 3.05) is 18.6 Å². The van der Waals surface area contributed by atoms with Crippen molar-refractivity contribution in [3.63, 3.8) is 0 Å². The number of urea groups is 1. The Labute approximate surface area is 175 Å². The Morgan fingerprint density at radius 2 is 2.00 bits per heavy atom. The average molecular weight is 424 g/mol. The number of halogens is 1. The molecule has 2 aromatic carbocycles. The molecule has 3 aromatic rings. The van der Waals surface area contributed by atoms with Crippen molar-refractivity contribution in [1.82, 2.24) is 9.88 Å². The monoisotopic (exact) mass is 424 g/mol. The smallest absolute Gasteiger partial charge is 0.332 e. The Kier molecular flexibility index (Phi) is 3.85. The zero-order valence-corrected chi connectivity index (χ0v) is 16.6. The van der Waals surface area contributed by atoms with Crippen LogP contribution in [0.25, 0.3) is 10.9 Å². The van der Waals surface area contributed by atoms with E-state index in [4.69, 9.17) is 4.74 Å². The van der Waals surface area contributed by atoms with Crippen LogP contribution in [0.2, 0.25) is 0 Å². The first-order chi connectivity index (χ1) is 14.8. The van der Waals surface area contributed by atoms with Crippen LogP contribution >= 0.6 is 0 Å². The molecule has 0 spiro atoms. The summed E-state index contributed by atoms with van der Waals surface area (Å²) in [5, 5.41) is 12.0. The molecule has 0 aliphatic carbocycles. The SMILES string of the molecule is COc1ccc2[nH]c3c(c2c1)CCN1C(=O)N(c2ccc(F)c([N+](=O)[O-])c2)C(=O)C31C. The van der Waals surface area contributed by atoms with Crippen LogP contribution in [-0.2, 0) is 16.8 Å². The molecule has 2 aliphatic heterocycles. The van der Waals surface area contributed by atoms with Crippen molar-refractivity contribution in [1.29, 1.82) is 0 Å². The molecule has 3 amide bonds. The van der Waals surface area contributed by atoms with Crippen molar-refractivity contribution in [2.45, 2.75) is 18.9 Å². The third-order valence-corrected chi connectivity index (χ3v) is 6.15. The van der Waals surface area contributed by atoms with E-state index in [-0.39, 0.29) is 12.2 Å². The van der Waals surface area contributed by atoms with E-state index >= 15 is 0 Å². The second-order valence-electron chi connectivity index (χ2n) is 7.68. The van der Waals surface area contributed by atoms with Crippen LogP contribution in [-0.4, -0.2) is 40.4 Å². The average Bonchev–Trinajstić information content (AvgIpc) is 3.22. The number of nitrogens with zero attached hydrogens (tertiary/aromatic N) is 3. The van der Waals surface area contributed by atoms with E-state index in [1.165, 1.54) is 11.0 Å². The maximum absolute atomic E-state index is 13.8. The number of imide groups is 1. The van der Waals surface area contributed by atoms with Crippen LogP contribution in [0.1, 0.15) is 18.2 Å². The van der Waals surface area contributed by atoms with E-state index in [0.29, 0.717) is 17.9 Å². The minimum absolute atomic E-state index is 0.0435. The zero-order chi connectivity index (χ0) is 22.1. The number of carbonyl (C=O) groups excluding carboxylic acids is 2. The van der Waals surface area contributed by atoms with Crippen LogP contribution < -0.4 is 9.64 Å². The first-order valence-electron chi connectivity index (χ1n) is 9.56. The van der Waals surface area contributed by atoms with Crippen molar-refractivity contribution in [3.8, 4) is 5.75 Å². The summed E-state index contributed by atoms with van der Waals surface area (Å²) in [7, 11) is 1.57. The Bertz CT molecular complexity index is 1300. The number of nitrogens with one attached hydrogen (secondary N) is 1. The highest BCUT2D eigenvalue weighted by Crippen LogP contribution is 2.46. The summed E-state index contributed by atoms with van der Waals surface area (Å²) < 4.78 is 19.1. The largest absolute Gasteiger partial charge is 0.497 e. The number of nitro benzene ring substituents is 1. The Morgan fingerprint density at radius 3 is 2.71 bits per heavy atom. The summed E-state index contributed by atoms with van der Waals surface area (Å²) in [4.78, 5) is 42.6. The van der Waals surface area contributed by atoms with Gasteiger partial charge < -0.3 is 14.6 Å². The van der Waals surface area contributed by atoms with E-state index in [1.54, 1.807) is 20.1 Å². The first-order valence-corrected chi connectivity index (χ1v) is 9.56. The van der Waals surface area contributed by atoms with Gasteiger partial charge in [-0.05, 0) is 49.2 Å². The first kappa shape index (κ1) is 19.0. The summed E-state index contributed by atoms with van der Waals surface area (Å²) in [5.74, 6) is -0.919. The molecule has 2 aliphatic rings. The second-order valence-corrected chi connectivity index (χ2v) is 7.68. The van der Waals surface area contributed by atoms with Crippen molar-refractivity contribution < 1.29 is 23.6 Å². The minimum atomic E-state index is -1.32. The molecule has 1 fully saturated rings. The molecule has 5 rings (SSSR count). The normalized spacial score (nSPS) is 20.2.